The number of hydrogen-bond donors (Lipinski definition) is 0. The third kappa shape index (κ3) is 3.09. The maximum atomic E-state index is 11.8. The number of rotatable bonds is 3. The van der Waals surface area contributed by atoms with Gasteiger partial charge in [0.05, 0.1) is 5.75 Å². The Morgan fingerprint density at radius 1 is 1.39 bits per heavy atom. The van der Waals surface area contributed by atoms with Crippen LogP contribution in [0.15, 0.2) is 12.4 Å². The molecule has 0 spiro atoms. The Morgan fingerprint density at radius 3 is 2.67 bits per heavy atom. The second-order valence-corrected chi connectivity index (χ2v) is 7.13. The van der Waals surface area contributed by atoms with Gasteiger partial charge in [-0.05, 0) is 0 Å². The van der Waals surface area contributed by atoms with Gasteiger partial charge in [-0.15, -0.1) is 0 Å². The summed E-state index contributed by atoms with van der Waals surface area (Å²) in [6, 6.07) is 0. The summed E-state index contributed by atoms with van der Waals surface area (Å²) in [5.41, 5.74) is 0. The highest BCUT2D eigenvalue weighted by atomic mass is 35.7. The van der Waals surface area contributed by atoms with Crippen LogP contribution in [0, 0.1) is 5.92 Å². The van der Waals surface area contributed by atoms with Crippen molar-refractivity contribution in [1.29, 1.82) is 0 Å². The third-order valence-electron chi connectivity index (χ3n) is 2.53. The molecule has 2 rings (SSSR count). The van der Waals surface area contributed by atoms with Crippen LogP contribution in [0.1, 0.15) is 6.42 Å². The zero-order valence-electron chi connectivity index (χ0n) is 9.08. The van der Waals surface area contributed by atoms with E-state index in [-0.39, 0.29) is 41.5 Å². The van der Waals surface area contributed by atoms with Crippen LogP contribution in [0.3, 0.4) is 0 Å². The number of aromatic nitrogens is 2. The molecule has 1 aliphatic heterocycles. The standard InChI is InChI=1S/C9H9Cl2N3O3S/c10-8-9(13-2-1-12-8)14-4-6(3-7(14)15)5-18(11,16)17/h1-2,6H,3-5H2. The highest BCUT2D eigenvalue weighted by Crippen LogP contribution is 2.28. The van der Waals surface area contributed by atoms with E-state index < -0.39 is 9.05 Å². The summed E-state index contributed by atoms with van der Waals surface area (Å²) in [4.78, 5) is 20.9. The predicted molar refractivity (Wildman–Crippen MR) is 67.1 cm³/mol. The lowest BCUT2D eigenvalue weighted by atomic mass is 10.1. The summed E-state index contributed by atoms with van der Waals surface area (Å²) in [7, 11) is 1.55. The van der Waals surface area contributed by atoms with Crippen molar-refractivity contribution in [2.24, 2.45) is 5.92 Å². The van der Waals surface area contributed by atoms with Crippen molar-refractivity contribution in [2.75, 3.05) is 17.2 Å². The minimum atomic E-state index is -3.62. The molecule has 1 saturated heterocycles. The average molecular weight is 310 g/mol. The van der Waals surface area contributed by atoms with Gasteiger partial charge in [0.2, 0.25) is 15.0 Å². The zero-order chi connectivity index (χ0) is 13.3. The molecule has 0 aliphatic carbocycles. The van der Waals surface area contributed by atoms with E-state index in [1.54, 1.807) is 0 Å². The molecule has 2 heterocycles. The number of hydrogen-bond acceptors (Lipinski definition) is 5. The van der Waals surface area contributed by atoms with Gasteiger partial charge in [0.1, 0.15) is 0 Å². The molecule has 1 unspecified atom stereocenters. The Bertz CT molecular complexity index is 578. The van der Waals surface area contributed by atoms with Crippen LogP contribution in [0.25, 0.3) is 0 Å². The summed E-state index contributed by atoms with van der Waals surface area (Å²) < 4.78 is 22.0. The SMILES string of the molecule is O=C1CC(CS(=O)(=O)Cl)CN1c1nccnc1Cl. The molecule has 9 heteroatoms. The lowest BCUT2D eigenvalue weighted by Crippen LogP contribution is -2.26. The van der Waals surface area contributed by atoms with Crippen molar-refractivity contribution in [3.63, 3.8) is 0 Å². The molecule has 0 radical (unpaired) electrons. The molecule has 1 atom stereocenters. The first-order valence-electron chi connectivity index (χ1n) is 5.06. The molecular formula is C9H9Cl2N3O3S. The van der Waals surface area contributed by atoms with E-state index in [4.69, 9.17) is 22.3 Å². The van der Waals surface area contributed by atoms with E-state index in [0.717, 1.165) is 0 Å². The third-order valence-corrected chi connectivity index (χ3v) is 4.05. The summed E-state index contributed by atoms with van der Waals surface area (Å²) >= 11 is 5.84. The Hall–Kier alpha value is -0.920. The fourth-order valence-electron chi connectivity index (χ4n) is 1.87. The topological polar surface area (TPSA) is 80.2 Å². The molecule has 1 amide bonds. The summed E-state index contributed by atoms with van der Waals surface area (Å²) in [5, 5.41) is 0.111. The molecule has 0 aromatic carbocycles. The largest absolute Gasteiger partial charge is 0.294 e. The van der Waals surface area contributed by atoms with Crippen LogP contribution in [-0.2, 0) is 13.8 Å². The van der Waals surface area contributed by atoms with Crippen LogP contribution in [-0.4, -0.2) is 36.6 Å². The van der Waals surface area contributed by atoms with Crippen LogP contribution in [0.2, 0.25) is 5.15 Å². The quantitative estimate of drug-likeness (QED) is 0.780. The van der Waals surface area contributed by atoms with Gasteiger partial charge < -0.3 is 0 Å². The van der Waals surface area contributed by atoms with Gasteiger partial charge in [-0.25, -0.2) is 18.4 Å². The average Bonchev–Trinajstić information content (AvgIpc) is 2.57. The maximum absolute atomic E-state index is 11.8. The van der Waals surface area contributed by atoms with Crippen molar-refractivity contribution >= 4 is 43.1 Å². The first kappa shape index (κ1) is 13.5. The molecule has 1 aliphatic rings. The van der Waals surface area contributed by atoms with Gasteiger partial charge in [0.25, 0.3) is 0 Å². The van der Waals surface area contributed by atoms with E-state index in [1.165, 1.54) is 17.3 Å². The van der Waals surface area contributed by atoms with Crippen molar-refractivity contribution in [1.82, 2.24) is 9.97 Å². The fourth-order valence-corrected chi connectivity index (χ4v) is 3.40. The molecule has 18 heavy (non-hydrogen) atoms. The number of anilines is 1. The maximum Gasteiger partial charge on any atom is 0.232 e. The van der Waals surface area contributed by atoms with E-state index in [1.807, 2.05) is 0 Å². The lowest BCUT2D eigenvalue weighted by Gasteiger charge is -2.15. The second kappa shape index (κ2) is 4.99. The predicted octanol–water partition coefficient (Wildman–Crippen LogP) is 1.05. The van der Waals surface area contributed by atoms with Crippen LogP contribution < -0.4 is 4.90 Å². The highest BCUT2D eigenvalue weighted by Gasteiger charge is 2.34. The van der Waals surface area contributed by atoms with Gasteiger partial charge in [0.15, 0.2) is 11.0 Å². The Balaban J connectivity index is 2.18. The Morgan fingerprint density at radius 2 is 2.06 bits per heavy atom. The number of halogens is 2. The zero-order valence-corrected chi connectivity index (χ0v) is 11.4. The van der Waals surface area contributed by atoms with E-state index in [0.29, 0.717) is 0 Å². The smallest absolute Gasteiger partial charge is 0.232 e. The molecule has 1 aromatic rings. The van der Waals surface area contributed by atoms with Crippen molar-refractivity contribution in [3.8, 4) is 0 Å². The van der Waals surface area contributed by atoms with Crippen molar-refractivity contribution < 1.29 is 13.2 Å². The van der Waals surface area contributed by atoms with Crippen molar-refractivity contribution in [3.05, 3.63) is 17.5 Å². The van der Waals surface area contributed by atoms with Crippen molar-refractivity contribution in [2.45, 2.75) is 6.42 Å². The second-order valence-electron chi connectivity index (χ2n) is 3.95. The summed E-state index contributed by atoms with van der Waals surface area (Å²) in [5.74, 6) is -0.575. The van der Waals surface area contributed by atoms with Gasteiger partial charge in [-0.3, -0.25) is 9.69 Å². The first-order chi connectivity index (χ1) is 8.37. The van der Waals surface area contributed by atoms with Crippen LogP contribution in [0.5, 0.6) is 0 Å². The van der Waals surface area contributed by atoms with Crippen LogP contribution >= 0.6 is 22.3 Å². The monoisotopic (exact) mass is 309 g/mol. The van der Waals surface area contributed by atoms with Gasteiger partial charge >= 0.3 is 0 Å². The molecule has 98 valence electrons. The Kier molecular flexibility index (Phi) is 3.74. The van der Waals surface area contributed by atoms with E-state index in [9.17, 15) is 13.2 Å². The summed E-state index contributed by atoms with van der Waals surface area (Å²) in [6.45, 7) is 0.225. The normalized spacial score (nSPS) is 20.4. The van der Waals surface area contributed by atoms with E-state index in [2.05, 4.69) is 9.97 Å². The molecular weight excluding hydrogens is 301 g/mol. The first-order valence-corrected chi connectivity index (χ1v) is 7.91. The lowest BCUT2D eigenvalue weighted by molar-refractivity contribution is -0.117. The molecule has 1 fully saturated rings. The number of carbonyl (C=O) groups excluding carboxylic acids is 1. The minimum Gasteiger partial charge on any atom is -0.294 e. The van der Waals surface area contributed by atoms with Gasteiger partial charge in [-0.1, -0.05) is 11.6 Å². The number of amides is 1. The van der Waals surface area contributed by atoms with Gasteiger partial charge in [0, 0.05) is 42.0 Å². The number of nitrogens with zero attached hydrogens (tertiary/aromatic N) is 3. The fraction of sp³-hybridized carbons (Fsp3) is 0.444. The Labute approximate surface area is 113 Å². The summed E-state index contributed by atoms with van der Waals surface area (Å²) in [6.07, 6.45) is 2.94. The molecule has 1 aromatic heterocycles. The van der Waals surface area contributed by atoms with E-state index >= 15 is 0 Å². The number of carbonyl (C=O) groups is 1. The highest BCUT2D eigenvalue weighted by molar-refractivity contribution is 8.13. The van der Waals surface area contributed by atoms with Crippen LogP contribution in [0.4, 0.5) is 5.82 Å². The molecule has 0 saturated carbocycles. The molecule has 6 nitrogen and oxygen atoms in total. The minimum absolute atomic E-state index is 0.110. The molecule has 0 N–H and O–H groups in total. The molecule has 0 bridgehead atoms. The van der Waals surface area contributed by atoms with Gasteiger partial charge in [-0.2, -0.15) is 0 Å².